The maximum Gasteiger partial charge on any atom is 0.343 e. The molecule has 2 rings (SSSR count). The average Bonchev–Trinajstić information content (AvgIpc) is 2.82. The fourth-order valence-electron chi connectivity index (χ4n) is 1.83. The summed E-state index contributed by atoms with van der Waals surface area (Å²) in [7, 11) is 1.56. The Balaban J connectivity index is 2.28. The van der Waals surface area contributed by atoms with Crippen LogP contribution in [0, 0.1) is 0 Å². The zero-order valence-corrected chi connectivity index (χ0v) is 12.7. The van der Waals surface area contributed by atoms with E-state index in [4.69, 9.17) is 5.73 Å². The van der Waals surface area contributed by atoms with E-state index in [9.17, 15) is 9.59 Å². The highest BCUT2D eigenvalue weighted by atomic mass is 32.2. The molecule has 0 saturated carbocycles. The first-order valence-corrected chi connectivity index (χ1v) is 7.33. The van der Waals surface area contributed by atoms with Gasteiger partial charge in [-0.05, 0) is 36.4 Å². The lowest BCUT2D eigenvalue weighted by Gasteiger charge is -2.08. The fourth-order valence-corrected chi connectivity index (χ4v) is 2.71. The van der Waals surface area contributed by atoms with E-state index < -0.39 is 0 Å². The molecule has 0 fully saturated rings. The van der Waals surface area contributed by atoms with Crippen LogP contribution in [-0.4, -0.2) is 27.7 Å². The highest BCUT2D eigenvalue weighted by molar-refractivity contribution is 7.99. The second-order valence-corrected chi connectivity index (χ2v) is 5.41. The molecule has 0 radical (unpaired) electrons. The maximum atomic E-state index is 11.6. The van der Waals surface area contributed by atoms with Crippen molar-refractivity contribution in [3.8, 4) is 0 Å². The van der Waals surface area contributed by atoms with Gasteiger partial charge in [-0.25, -0.2) is 9.89 Å². The van der Waals surface area contributed by atoms with Crippen LogP contribution in [0.1, 0.15) is 23.7 Å². The topological polar surface area (TPSA) is 106 Å². The van der Waals surface area contributed by atoms with Gasteiger partial charge in [-0.2, -0.15) is 0 Å². The van der Waals surface area contributed by atoms with Gasteiger partial charge in [-0.1, -0.05) is 6.92 Å². The number of hydrogen-bond donors (Lipinski definition) is 3. The van der Waals surface area contributed by atoms with E-state index in [0.29, 0.717) is 23.0 Å². The molecule has 0 aliphatic carbocycles. The zero-order valence-electron chi connectivity index (χ0n) is 11.8. The number of nitrogens with two attached hydrogens (primary N) is 1. The van der Waals surface area contributed by atoms with E-state index in [1.807, 2.05) is 6.92 Å². The Labute approximate surface area is 125 Å². The van der Waals surface area contributed by atoms with Crippen molar-refractivity contribution in [1.29, 1.82) is 0 Å². The van der Waals surface area contributed by atoms with Gasteiger partial charge in [0.05, 0.1) is 0 Å². The summed E-state index contributed by atoms with van der Waals surface area (Å²) in [4.78, 5) is 23.9. The number of amides is 1. The lowest BCUT2D eigenvalue weighted by atomic mass is 10.2. The normalized spacial score (nSPS) is 10.6. The van der Waals surface area contributed by atoms with E-state index >= 15 is 0 Å². The van der Waals surface area contributed by atoms with Crippen LogP contribution < -0.4 is 16.7 Å². The van der Waals surface area contributed by atoms with Crippen molar-refractivity contribution in [2.24, 2.45) is 0 Å². The number of carbonyl (C=O) groups excluding carboxylic acids is 1. The Morgan fingerprint density at radius 2 is 2.29 bits per heavy atom. The second kappa shape index (κ2) is 6.49. The summed E-state index contributed by atoms with van der Waals surface area (Å²) in [6, 6.07) is 5.04. The third kappa shape index (κ3) is 3.27. The standard InChI is InChI=1S/C13H17N5O2S/c1-3-6-18-12(20)16-17-13(18)21-10-5-4-8(7-9(10)14)11(19)15-2/h4-5,7H,3,6,14H2,1-2H3,(H,15,19)(H,16,20). The number of rotatable bonds is 5. The van der Waals surface area contributed by atoms with Crippen LogP contribution in [0.25, 0.3) is 0 Å². The van der Waals surface area contributed by atoms with Crippen molar-refractivity contribution in [2.45, 2.75) is 29.9 Å². The molecule has 4 N–H and O–H groups in total. The van der Waals surface area contributed by atoms with Gasteiger partial charge in [-0.3, -0.25) is 9.36 Å². The van der Waals surface area contributed by atoms with E-state index in [0.717, 1.165) is 11.3 Å². The van der Waals surface area contributed by atoms with Gasteiger partial charge in [0.15, 0.2) is 5.16 Å². The van der Waals surface area contributed by atoms with Crippen molar-refractivity contribution in [1.82, 2.24) is 20.1 Å². The third-order valence-corrected chi connectivity index (χ3v) is 3.96. The molecule has 0 aliphatic heterocycles. The molecular weight excluding hydrogens is 290 g/mol. The molecule has 0 bridgehead atoms. The summed E-state index contributed by atoms with van der Waals surface area (Å²) in [5.41, 5.74) is 6.69. The Hall–Kier alpha value is -2.22. The van der Waals surface area contributed by atoms with Crippen LogP contribution >= 0.6 is 11.8 Å². The second-order valence-electron chi connectivity index (χ2n) is 4.40. The number of nitrogens with one attached hydrogen (secondary N) is 2. The summed E-state index contributed by atoms with van der Waals surface area (Å²) in [5, 5.41) is 9.53. The summed E-state index contributed by atoms with van der Waals surface area (Å²) >= 11 is 1.29. The number of H-pyrrole nitrogens is 1. The van der Waals surface area contributed by atoms with E-state index in [1.165, 1.54) is 11.8 Å². The molecule has 2 aromatic rings. The summed E-state index contributed by atoms with van der Waals surface area (Å²) in [6.45, 7) is 2.58. The molecular formula is C13H17N5O2S. The Morgan fingerprint density at radius 3 is 2.90 bits per heavy atom. The molecule has 1 heterocycles. The van der Waals surface area contributed by atoms with E-state index in [1.54, 1.807) is 29.8 Å². The monoisotopic (exact) mass is 307 g/mol. The predicted molar refractivity (Wildman–Crippen MR) is 81.5 cm³/mol. The van der Waals surface area contributed by atoms with Crippen molar-refractivity contribution < 1.29 is 4.79 Å². The van der Waals surface area contributed by atoms with Crippen LogP contribution in [0.4, 0.5) is 5.69 Å². The van der Waals surface area contributed by atoms with E-state index in [2.05, 4.69) is 15.5 Å². The predicted octanol–water partition coefficient (Wildman–Crippen LogP) is 1.07. The van der Waals surface area contributed by atoms with Gasteiger partial charge in [-0.15, -0.1) is 5.10 Å². The fraction of sp³-hybridized carbons (Fsp3) is 0.308. The lowest BCUT2D eigenvalue weighted by Crippen LogP contribution is -2.18. The van der Waals surface area contributed by atoms with Gasteiger partial charge in [0.2, 0.25) is 0 Å². The first kappa shape index (κ1) is 15.2. The van der Waals surface area contributed by atoms with Gasteiger partial charge in [0.1, 0.15) is 0 Å². The molecule has 1 amide bonds. The van der Waals surface area contributed by atoms with Crippen LogP contribution in [0.5, 0.6) is 0 Å². The average molecular weight is 307 g/mol. The molecule has 21 heavy (non-hydrogen) atoms. The molecule has 112 valence electrons. The highest BCUT2D eigenvalue weighted by Gasteiger charge is 2.12. The summed E-state index contributed by atoms with van der Waals surface area (Å²) < 4.78 is 1.57. The summed E-state index contributed by atoms with van der Waals surface area (Å²) in [5.74, 6) is -0.194. The molecule has 8 heteroatoms. The van der Waals surface area contributed by atoms with Crippen molar-refractivity contribution in [3.05, 3.63) is 34.2 Å². The maximum absolute atomic E-state index is 11.6. The van der Waals surface area contributed by atoms with Crippen molar-refractivity contribution in [3.63, 3.8) is 0 Å². The minimum absolute atomic E-state index is 0.194. The van der Waals surface area contributed by atoms with Crippen LogP contribution in [0.3, 0.4) is 0 Å². The van der Waals surface area contributed by atoms with Crippen molar-refractivity contribution >= 4 is 23.4 Å². The molecule has 1 aromatic heterocycles. The van der Waals surface area contributed by atoms with Gasteiger partial charge < -0.3 is 11.1 Å². The van der Waals surface area contributed by atoms with Crippen LogP contribution in [0.15, 0.2) is 33.0 Å². The lowest BCUT2D eigenvalue weighted by molar-refractivity contribution is 0.0963. The Morgan fingerprint density at radius 1 is 1.52 bits per heavy atom. The van der Waals surface area contributed by atoms with E-state index in [-0.39, 0.29) is 11.6 Å². The first-order valence-electron chi connectivity index (χ1n) is 6.51. The molecule has 0 aliphatic rings. The summed E-state index contributed by atoms with van der Waals surface area (Å²) in [6.07, 6.45) is 0.831. The number of hydrogen-bond acceptors (Lipinski definition) is 5. The number of carbonyl (C=O) groups is 1. The number of benzene rings is 1. The number of nitrogens with zero attached hydrogens (tertiary/aromatic N) is 2. The third-order valence-electron chi connectivity index (χ3n) is 2.87. The molecule has 0 saturated heterocycles. The molecule has 1 aromatic carbocycles. The number of anilines is 1. The van der Waals surface area contributed by atoms with Gasteiger partial charge >= 0.3 is 5.69 Å². The Bertz CT molecular complexity index is 707. The zero-order chi connectivity index (χ0) is 15.4. The van der Waals surface area contributed by atoms with Gasteiger partial charge in [0.25, 0.3) is 5.91 Å². The molecule has 7 nitrogen and oxygen atoms in total. The van der Waals surface area contributed by atoms with Gasteiger partial charge in [0, 0.05) is 29.7 Å². The Kier molecular flexibility index (Phi) is 4.69. The number of aromatic amines is 1. The number of aromatic nitrogens is 3. The van der Waals surface area contributed by atoms with Crippen molar-refractivity contribution in [2.75, 3.05) is 12.8 Å². The largest absolute Gasteiger partial charge is 0.398 e. The quantitative estimate of drug-likeness (QED) is 0.717. The number of nitrogen functional groups attached to an aromatic ring is 1. The first-order chi connectivity index (χ1) is 10.1. The molecule has 0 unspecified atom stereocenters. The molecule has 0 spiro atoms. The minimum Gasteiger partial charge on any atom is -0.398 e. The highest BCUT2D eigenvalue weighted by Crippen LogP contribution is 2.30. The SMILES string of the molecule is CCCn1c(Sc2ccc(C(=O)NC)cc2N)n[nH]c1=O. The smallest absolute Gasteiger partial charge is 0.343 e. The van der Waals surface area contributed by atoms with Crippen LogP contribution in [-0.2, 0) is 6.54 Å². The molecule has 0 atom stereocenters. The van der Waals surface area contributed by atoms with Crippen LogP contribution in [0.2, 0.25) is 0 Å². The minimum atomic E-state index is -0.236.